The summed E-state index contributed by atoms with van der Waals surface area (Å²) in [4.78, 5) is 7.03. The molecule has 5 heteroatoms. The summed E-state index contributed by atoms with van der Waals surface area (Å²) >= 11 is 0. The summed E-state index contributed by atoms with van der Waals surface area (Å²) in [6.45, 7) is 19.8. The number of anilines is 1. The maximum Gasteiger partial charge on any atom is 0.128 e. The van der Waals surface area contributed by atoms with E-state index in [1.165, 1.54) is 88.6 Å². The van der Waals surface area contributed by atoms with Gasteiger partial charge in [0.1, 0.15) is 17.5 Å². The molecule has 0 aliphatic heterocycles. The molecule has 1 aliphatic rings. The van der Waals surface area contributed by atoms with Gasteiger partial charge in [0, 0.05) is 23.5 Å². The highest BCUT2D eigenvalue weighted by atomic mass is 19.1. The molecule has 0 saturated heterocycles. The highest BCUT2D eigenvalue weighted by Crippen LogP contribution is 2.30. The Kier molecular flexibility index (Phi) is 24.9. The van der Waals surface area contributed by atoms with Gasteiger partial charge in [-0.3, -0.25) is 0 Å². The van der Waals surface area contributed by atoms with Gasteiger partial charge in [0.15, 0.2) is 0 Å². The van der Waals surface area contributed by atoms with E-state index in [1.54, 1.807) is 6.92 Å². The van der Waals surface area contributed by atoms with Crippen molar-refractivity contribution in [3.63, 3.8) is 0 Å². The highest BCUT2D eigenvalue weighted by Gasteiger charge is 2.11. The second-order valence-corrected chi connectivity index (χ2v) is 13.9. The molecule has 1 fully saturated rings. The van der Waals surface area contributed by atoms with Crippen molar-refractivity contribution < 1.29 is 8.78 Å². The molecule has 2 aromatic rings. The molecular weight excluding hydrogens is 621 g/mol. The van der Waals surface area contributed by atoms with Crippen molar-refractivity contribution in [1.82, 2.24) is 4.90 Å². The summed E-state index contributed by atoms with van der Waals surface area (Å²) < 4.78 is 27.1. The zero-order valence-electron chi connectivity index (χ0n) is 33.3. The van der Waals surface area contributed by atoms with E-state index in [0.717, 1.165) is 66.4 Å². The van der Waals surface area contributed by atoms with Crippen LogP contribution in [0.3, 0.4) is 0 Å². The Morgan fingerprint density at radius 2 is 1.42 bits per heavy atom. The van der Waals surface area contributed by atoms with Crippen LogP contribution in [0, 0.1) is 17.6 Å². The molecule has 1 N–H and O–H groups in total. The van der Waals surface area contributed by atoms with Gasteiger partial charge in [0.25, 0.3) is 0 Å². The number of benzene rings is 2. The van der Waals surface area contributed by atoms with Crippen molar-refractivity contribution >= 4 is 17.1 Å². The number of halogens is 2. The smallest absolute Gasteiger partial charge is 0.128 e. The van der Waals surface area contributed by atoms with Gasteiger partial charge in [0.05, 0.1) is 0 Å². The van der Waals surface area contributed by atoms with Gasteiger partial charge < -0.3 is 10.2 Å². The Bertz CT molecular complexity index is 1280. The summed E-state index contributed by atoms with van der Waals surface area (Å²) in [6, 6.07) is 12.0. The summed E-state index contributed by atoms with van der Waals surface area (Å²) in [5, 5.41) is 2.98. The number of aryl methyl sites for hydroxylation is 1. The van der Waals surface area contributed by atoms with Gasteiger partial charge in [0.2, 0.25) is 0 Å². The van der Waals surface area contributed by atoms with Gasteiger partial charge in [-0.15, -0.1) is 0 Å². The van der Waals surface area contributed by atoms with Crippen LogP contribution in [-0.2, 0) is 6.42 Å². The Morgan fingerprint density at radius 3 is 1.94 bits per heavy atom. The van der Waals surface area contributed by atoms with Gasteiger partial charge in [-0.2, -0.15) is 0 Å². The summed E-state index contributed by atoms with van der Waals surface area (Å²) in [5.41, 5.74) is 6.15. The third-order valence-electron chi connectivity index (χ3n) is 8.98. The fourth-order valence-electron chi connectivity index (χ4n) is 5.91. The zero-order chi connectivity index (χ0) is 37.1. The molecule has 0 spiro atoms. The quantitative estimate of drug-likeness (QED) is 0.0821. The van der Waals surface area contributed by atoms with E-state index >= 15 is 0 Å². The molecule has 0 atom stereocenters. The number of hydrogen-bond acceptors (Lipinski definition) is 2. The summed E-state index contributed by atoms with van der Waals surface area (Å²) in [6.07, 6.45) is 24.3. The van der Waals surface area contributed by atoms with Crippen LogP contribution < -0.4 is 5.32 Å². The van der Waals surface area contributed by atoms with Crippen LogP contribution in [0.1, 0.15) is 150 Å². The van der Waals surface area contributed by atoms with Gasteiger partial charge in [-0.05, 0) is 106 Å². The minimum absolute atomic E-state index is 0.332. The number of unbranched alkanes of at least 4 members (excludes halogenated alkanes) is 4. The SMILES string of the molecule is CC1CCCCC1.CCCCCN(C)CCC.CCC\C=C(C(=C/N=C(C)Nc1cc(F)cc(F)c1)/C(C)=C/CCC)\c1ccc(CC)cc1. The molecule has 280 valence electrons. The van der Waals surface area contributed by atoms with E-state index in [2.05, 4.69) is 107 Å². The van der Waals surface area contributed by atoms with Crippen molar-refractivity contribution in [3.05, 3.63) is 94.7 Å². The predicted molar refractivity (Wildman–Crippen MR) is 218 cm³/mol. The van der Waals surface area contributed by atoms with Crippen LogP contribution in [0.4, 0.5) is 14.5 Å². The van der Waals surface area contributed by atoms with E-state index in [0.29, 0.717) is 11.5 Å². The molecule has 1 saturated carbocycles. The zero-order valence-corrected chi connectivity index (χ0v) is 33.3. The van der Waals surface area contributed by atoms with E-state index < -0.39 is 11.6 Å². The second kappa shape index (κ2) is 27.6. The van der Waals surface area contributed by atoms with E-state index in [1.807, 2.05) is 6.20 Å². The average molecular weight is 692 g/mol. The first-order valence-electron chi connectivity index (χ1n) is 19.7. The summed E-state index contributed by atoms with van der Waals surface area (Å²) in [5.74, 6) is 0.339. The molecule has 0 bridgehead atoms. The number of allylic oxidation sites excluding steroid dienone is 5. The number of rotatable bonds is 16. The minimum Gasteiger partial charge on any atom is -0.344 e. The third-order valence-corrected chi connectivity index (χ3v) is 8.98. The van der Waals surface area contributed by atoms with E-state index in [4.69, 9.17) is 0 Å². The molecule has 2 aromatic carbocycles. The van der Waals surface area contributed by atoms with Crippen LogP contribution in [0.15, 0.2) is 77.0 Å². The van der Waals surface area contributed by atoms with Crippen molar-refractivity contribution in [2.75, 3.05) is 25.5 Å². The monoisotopic (exact) mass is 692 g/mol. The number of amidine groups is 1. The fraction of sp³-hybridized carbons (Fsp3) is 0.578. The number of aliphatic imine (C=N–C) groups is 1. The molecule has 50 heavy (non-hydrogen) atoms. The van der Waals surface area contributed by atoms with Crippen LogP contribution in [0.25, 0.3) is 5.57 Å². The van der Waals surface area contributed by atoms with Crippen LogP contribution in [0.2, 0.25) is 0 Å². The first kappa shape index (κ1) is 45.0. The lowest BCUT2D eigenvalue weighted by atomic mass is 9.91. The van der Waals surface area contributed by atoms with Crippen molar-refractivity contribution in [1.29, 1.82) is 0 Å². The number of nitrogens with zero attached hydrogens (tertiary/aromatic N) is 2. The normalized spacial score (nSPS) is 14.6. The lowest BCUT2D eigenvalue weighted by Gasteiger charge is -2.15. The Labute approximate surface area is 306 Å². The van der Waals surface area contributed by atoms with Gasteiger partial charge in [-0.25, -0.2) is 13.8 Å². The van der Waals surface area contributed by atoms with Crippen LogP contribution in [-0.4, -0.2) is 30.9 Å². The molecule has 0 amide bonds. The highest BCUT2D eigenvalue weighted by molar-refractivity contribution is 5.94. The van der Waals surface area contributed by atoms with Crippen molar-refractivity contribution in [2.45, 2.75) is 145 Å². The van der Waals surface area contributed by atoms with E-state index in [9.17, 15) is 8.78 Å². The first-order chi connectivity index (χ1) is 24.1. The van der Waals surface area contributed by atoms with E-state index in [-0.39, 0.29) is 0 Å². The Balaban J connectivity index is 0.000000597. The Morgan fingerprint density at radius 1 is 0.800 bits per heavy atom. The standard InChI is InChI=1S/C29H36F2N2.C9H21N.C7H14/c1-6-9-11-21(4)29(20-32-22(5)33-27-18-25(30)17-26(31)19-27)28(12-10-7-2)24-15-13-23(8-3)14-16-24;1-4-6-7-9-10(3)8-5-2;1-7-5-3-2-4-6-7/h11-20H,6-10H2,1-5H3,(H,32,33);4-9H2,1-3H3;7H,2-6H2,1H3/b21-11+,28-12-,29-20+;;. The maximum absolute atomic E-state index is 13.5. The molecule has 1 aliphatic carbocycles. The number of nitrogens with one attached hydrogen (secondary N) is 1. The molecular formula is C45H71F2N3. The first-order valence-corrected chi connectivity index (χ1v) is 19.7. The third kappa shape index (κ3) is 20.0. The van der Waals surface area contributed by atoms with Gasteiger partial charge in [-0.1, -0.05) is 136 Å². The van der Waals surface area contributed by atoms with Crippen molar-refractivity contribution in [2.24, 2.45) is 10.9 Å². The lowest BCUT2D eigenvalue weighted by molar-refractivity contribution is 0.326. The van der Waals surface area contributed by atoms with Crippen LogP contribution >= 0.6 is 0 Å². The number of hydrogen-bond donors (Lipinski definition) is 1. The second-order valence-electron chi connectivity index (χ2n) is 13.9. The molecule has 0 heterocycles. The average Bonchev–Trinajstić information content (AvgIpc) is 3.09. The molecule has 0 radical (unpaired) electrons. The van der Waals surface area contributed by atoms with Crippen molar-refractivity contribution in [3.8, 4) is 0 Å². The summed E-state index contributed by atoms with van der Waals surface area (Å²) in [7, 11) is 2.21. The molecule has 0 unspecified atom stereocenters. The molecule has 3 rings (SSSR count). The topological polar surface area (TPSA) is 27.6 Å². The predicted octanol–water partition coefficient (Wildman–Crippen LogP) is 14.0. The van der Waals surface area contributed by atoms with Gasteiger partial charge >= 0.3 is 0 Å². The molecule has 0 aromatic heterocycles. The minimum atomic E-state index is -0.625. The fourth-order valence-corrected chi connectivity index (χ4v) is 5.91. The largest absolute Gasteiger partial charge is 0.344 e. The molecule has 3 nitrogen and oxygen atoms in total. The van der Waals surface area contributed by atoms with Crippen LogP contribution in [0.5, 0.6) is 0 Å². The Hall–Kier alpha value is -3.05. The maximum atomic E-state index is 13.5. The lowest BCUT2D eigenvalue weighted by Crippen LogP contribution is -2.20.